The summed E-state index contributed by atoms with van der Waals surface area (Å²) in [5.41, 5.74) is 0.362. The lowest BCUT2D eigenvalue weighted by Crippen LogP contribution is -2.55. The summed E-state index contributed by atoms with van der Waals surface area (Å²) in [5, 5.41) is 47.4. The number of carboxylic acid groups (broad SMARTS) is 1. The maximum Gasteiger partial charge on any atom is 0.335 e. The van der Waals surface area contributed by atoms with Crippen molar-refractivity contribution in [1.29, 1.82) is 0 Å². The van der Waals surface area contributed by atoms with Crippen molar-refractivity contribution in [2.75, 3.05) is 6.61 Å². The quantitative estimate of drug-likeness (QED) is 0.476. The molecule has 7 heteroatoms. The molecule has 1 saturated heterocycles. The van der Waals surface area contributed by atoms with E-state index in [1.54, 1.807) is 6.07 Å². The number of aliphatic hydroxyl groups excluding tert-OH is 4. The standard InChI is InChI=1S/C13H16O7/c14-5-8-9(15)10(16)11(17)12(20-8)6-2-1-3-7(4-6)13(18)19/h1-4,8-12,14-17H,5H2,(H,18,19)/t8?,9-,10?,11?,12-/m1/s1. The molecule has 0 amide bonds. The summed E-state index contributed by atoms with van der Waals surface area (Å²) in [6, 6.07) is 5.73. The highest BCUT2D eigenvalue weighted by atomic mass is 16.5. The third-order valence-corrected chi connectivity index (χ3v) is 3.35. The first-order valence-corrected chi connectivity index (χ1v) is 6.09. The third-order valence-electron chi connectivity index (χ3n) is 3.35. The van der Waals surface area contributed by atoms with Gasteiger partial charge in [-0.05, 0) is 17.7 Å². The van der Waals surface area contributed by atoms with Gasteiger partial charge in [-0.3, -0.25) is 0 Å². The van der Waals surface area contributed by atoms with Gasteiger partial charge in [0.2, 0.25) is 0 Å². The van der Waals surface area contributed by atoms with E-state index in [1.807, 2.05) is 0 Å². The zero-order chi connectivity index (χ0) is 14.9. The molecular formula is C13H16O7. The highest BCUT2D eigenvalue weighted by molar-refractivity contribution is 5.87. The third kappa shape index (κ3) is 2.67. The minimum absolute atomic E-state index is 0.0134. The summed E-state index contributed by atoms with van der Waals surface area (Å²) < 4.78 is 5.35. The van der Waals surface area contributed by atoms with Gasteiger partial charge in [0.15, 0.2) is 0 Å². The average molecular weight is 284 g/mol. The molecule has 0 bridgehead atoms. The van der Waals surface area contributed by atoms with Crippen LogP contribution in [0.2, 0.25) is 0 Å². The van der Waals surface area contributed by atoms with E-state index in [0.29, 0.717) is 5.56 Å². The fourth-order valence-corrected chi connectivity index (χ4v) is 2.23. The predicted molar refractivity (Wildman–Crippen MR) is 66.1 cm³/mol. The Balaban J connectivity index is 2.31. The summed E-state index contributed by atoms with van der Waals surface area (Å²) in [5.74, 6) is -1.13. The van der Waals surface area contributed by atoms with Crippen LogP contribution < -0.4 is 0 Å². The van der Waals surface area contributed by atoms with E-state index in [-0.39, 0.29) is 5.56 Å². The molecule has 1 aromatic carbocycles. The van der Waals surface area contributed by atoms with E-state index in [1.165, 1.54) is 18.2 Å². The van der Waals surface area contributed by atoms with Gasteiger partial charge in [0.1, 0.15) is 30.5 Å². The van der Waals surface area contributed by atoms with Gasteiger partial charge >= 0.3 is 5.97 Å². The van der Waals surface area contributed by atoms with Gasteiger partial charge in [-0.2, -0.15) is 0 Å². The Bertz CT molecular complexity index is 487. The highest BCUT2D eigenvalue weighted by Crippen LogP contribution is 2.32. The Morgan fingerprint density at radius 1 is 1.15 bits per heavy atom. The molecule has 20 heavy (non-hydrogen) atoms. The van der Waals surface area contributed by atoms with Crippen molar-refractivity contribution in [2.45, 2.75) is 30.5 Å². The normalized spacial score (nSPS) is 33.9. The van der Waals surface area contributed by atoms with Crippen LogP contribution in [0.25, 0.3) is 0 Å². The first-order chi connectivity index (χ1) is 9.45. The van der Waals surface area contributed by atoms with Crippen molar-refractivity contribution >= 4 is 5.97 Å². The lowest BCUT2D eigenvalue weighted by molar-refractivity contribution is -0.231. The monoisotopic (exact) mass is 284 g/mol. The van der Waals surface area contributed by atoms with Crippen LogP contribution in [-0.2, 0) is 4.74 Å². The van der Waals surface area contributed by atoms with E-state index < -0.39 is 43.1 Å². The number of carbonyl (C=O) groups is 1. The zero-order valence-electron chi connectivity index (χ0n) is 10.5. The fraction of sp³-hybridized carbons (Fsp3) is 0.462. The van der Waals surface area contributed by atoms with Crippen molar-refractivity contribution in [1.82, 2.24) is 0 Å². The number of carboxylic acids is 1. The number of hydrogen-bond donors (Lipinski definition) is 5. The largest absolute Gasteiger partial charge is 0.478 e. The lowest BCUT2D eigenvalue weighted by atomic mass is 9.91. The summed E-state index contributed by atoms with van der Waals surface area (Å²) >= 11 is 0. The first kappa shape index (κ1) is 14.9. The molecule has 0 spiro atoms. The highest BCUT2D eigenvalue weighted by Gasteiger charge is 2.43. The molecule has 5 N–H and O–H groups in total. The zero-order valence-corrected chi connectivity index (χ0v) is 10.5. The van der Waals surface area contributed by atoms with Crippen LogP contribution in [0, 0.1) is 0 Å². The van der Waals surface area contributed by atoms with Crippen LogP contribution >= 0.6 is 0 Å². The van der Waals surface area contributed by atoms with Gasteiger partial charge in [0, 0.05) is 0 Å². The van der Waals surface area contributed by atoms with Crippen molar-refractivity contribution in [3.63, 3.8) is 0 Å². The lowest BCUT2D eigenvalue weighted by Gasteiger charge is -2.40. The van der Waals surface area contributed by atoms with E-state index >= 15 is 0 Å². The van der Waals surface area contributed by atoms with Crippen LogP contribution in [0.3, 0.4) is 0 Å². The van der Waals surface area contributed by atoms with Crippen molar-refractivity contribution < 1.29 is 35.1 Å². The minimum Gasteiger partial charge on any atom is -0.478 e. The van der Waals surface area contributed by atoms with Gasteiger partial charge in [-0.15, -0.1) is 0 Å². The van der Waals surface area contributed by atoms with Gasteiger partial charge < -0.3 is 30.3 Å². The molecule has 0 aromatic heterocycles. The van der Waals surface area contributed by atoms with Crippen molar-refractivity contribution in [3.8, 4) is 0 Å². The molecule has 0 radical (unpaired) electrons. The molecular weight excluding hydrogens is 268 g/mol. The Morgan fingerprint density at radius 2 is 1.85 bits per heavy atom. The van der Waals surface area contributed by atoms with Crippen LogP contribution in [-0.4, -0.2) is 62.5 Å². The van der Waals surface area contributed by atoms with Crippen molar-refractivity contribution in [3.05, 3.63) is 35.4 Å². The van der Waals surface area contributed by atoms with Gasteiger partial charge in [-0.1, -0.05) is 12.1 Å². The Hall–Kier alpha value is -1.51. The number of rotatable bonds is 3. The van der Waals surface area contributed by atoms with Crippen LogP contribution in [0.1, 0.15) is 22.0 Å². The van der Waals surface area contributed by atoms with E-state index in [2.05, 4.69) is 0 Å². The van der Waals surface area contributed by atoms with Crippen molar-refractivity contribution in [2.24, 2.45) is 0 Å². The number of ether oxygens (including phenoxy) is 1. The Labute approximate surface area is 114 Å². The van der Waals surface area contributed by atoms with Gasteiger partial charge in [0.05, 0.1) is 12.2 Å². The van der Waals surface area contributed by atoms with E-state index in [9.17, 15) is 20.1 Å². The molecule has 1 aromatic rings. The summed E-state index contributed by atoms with van der Waals surface area (Å²) in [4.78, 5) is 10.9. The molecule has 1 fully saturated rings. The maximum absolute atomic E-state index is 10.9. The maximum atomic E-state index is 10.9. The first-order valence-electron chi connectivity index (χ1n) is 6.09. The van der Waals surface area contributed by atoms with Gasteiger partial charge in [-0.25, -0.2) is 4.79 Å². The minimum atomic E-state index is -1.49. The van der Waals surface area contributed by atoms with E-state index in [4.69, 9.17) is 14.9 Å². The second-order valence-corrected chi connectivity index (χ2v) is 4.68. The topological polar surface area (TPSA) is 127 Å². The molecule has 5 atom stereocenters. The van der Waals surface area contributed by atoms with Crippen LogP contribution in [0.5, 0.6) is 0 Å². The molecule has 1 aliphatic rings. The molecule has 0 aliphatic carbocycles. The molecule has 110 valence electrons. The molecule has 1 heterocycles. The summed E-state index contributed by atoms with van der Waals surface area (Å²) in [6.45, 7) is -0.528. The summed E-state index contributed by atoms with van der Waals surface area (Å²) in [6.07, 6.45) is -6.39. The van der Waals surface area contributed by atoms with Gasteiger partial charge in [0.25, 0.3) is 0 Å². The fourth-order valence-electron chi connectivity index (χ4n) is 2.23. The number of aromatic carboxylic acids is 1. The Kier molecular flexibility index (Phi) is 4.36. The molecule has 7 nitrogen and oxygen atoms in total. The molecule has 1 aliphatic heterocycles. The molecule has 2 rings (SSSR count). The molecule has 0 saturated carbocycles. The predicted octanol–water partition coefficient (Wildman–Crippen LogP) is -1.10. The van der Waals surface area contributed by atoms with Crippen LogP contribution in [0.4, 0.5) is 0 Å². The number of aliphatic hydroxyl groups is 4. The molecule has 3 unspecified atom stereocenters. The summed E-state index contributed by atoms with van der Waals surface area (Å²) in [7, 11) is 0. The van der Waals surface area contributed by atoms with Crippen LogP contribution in [0.15, 0.2) is 24.3 Å². The smallest absolute Gasteiger partial charge is 0.335 e. The number of hydrogen-bond acceptors (Lipinski definition) is 6. The number of benzene rings is 1. The second kappa shape index (κ2) is 5.86. The average Bonchev–Trinajstić information content (AvgIpc) is 2.45. The second-order valence-electron chi connectivity index (χ2n) is 4.68. The SMILES string of the molecule is O=C(O)c1cccc([C@H]2OC(CO)[C@@H](O)C(O)C2O)c1. The van der Waals surface area contributed by atoms with E-state index in [0.717, 1.165) is 0 Å². The Morgan fingerprint density at radius 3 is 2.45 bits per heavy atom.